The summed E-state index contributed by atoms with van der Waals surface area (Å²) >= 11 is 0. The lowest BCUT2D eigenvalue weighted by molar-refractivity contribution is -0.155. The Bertz CT molecular complexity index is 1020. The van der Waals surface area contributed by atoms with Crippen molar-refractivity contribution in [3.05, 3.63) is 23.8 Å². The predicted molar refractivity (Wildman–Crippen MR) is 149 cm³/mol. The molecule has 12 heteroatoms. The first-order valence-electron chi connectivity index (χ1n) is 13.7. The first kappa shape index (κ1) is 35.5. The number of benzene rings is 1. The Morgan fingerprint density at radius 2 is 1.27 bits per heavy atom. The molecule has 2 N–H and O–H groups in total. The average Bonchev–Trinajstić information content (AvgIpc) is 2.87. The minimum atomic E-state index is -1.11. The second kappa shape index (κ2) is 16.7. The molecule has 0 saturated carbocycles. The highest BCUT2D eigenvalue weighted by atomic mass is 16.8. The van der Waals surface area contributed by atoms with E-state index in [2.05, 4.69) is 0 Å². The van der Waals surface area contributed by atoms with Gasteiger partial charge < -0.3 is 38.9 Å². The minimum Gasteiger partial charge on any atom is -0.458 e. The highest BCUT2D eigenvalue weighted by molar-refractivity contribution is 5.76. The highest BCUT2D eigenvalue weighted by Crippen LogP contribution is 2.30. The molecule has 0 aromatic heterocycles. The van der Waals surface area contributed by atoms with Gasteiger partial charge in [-0.15, -0.1) is 0 Å². The van der Waals surface area contributed by atoms with Crippen LogP contribution in [0, 0.1) is 5.41 Å². The molecule has 0 saturated heterocycles. The van der Waals surface area contributed by atoms with Crippen LogP contribution >= 0.6 is 0 Å². The lowest BCUT2D eigenvalue weighted by atomic mass is 9.99. The van der Waals surface area contributed by atoms with Gasteiger partial charge >= 0.3 is 24.4 Å². The maximum absolute atomic E-state index is 12.7. The fourth-order valence-corrected chi connectivity index (χ4v) is 2.83. The van der Waals surface area contributed by atoms with Crippen LogP contribution in [0.4, 0.5) is 14.4 Å². The Morgan fingerprint density at radius 3 is 1.78 bits per heavy atom. The third-order valence-corrected chi connectivity index (χ3v) is 5.77. The minimum absolute atomic E-state index is 0.0111. The molecule has 2 unspecified atom stereocenters. The van der Waals surface area contributed by atoms with Crippen molar-refractivity contribution in [3.8, 4) is 11.5 Å². The van der Waals surface area contributed by atoms with Gasteiger partial charge in [-0.2, -0.15) is 0 Å². The van der Waals surface area contributed by atoms with Gasteiger partial charge in [0.1, 0.15) is 30.5 Å². The van der Waals surface area contributed by atoms with Crippen molar-refractivity contribution in [1.29, 1.82) is 0 Å². The van der Waals surface area contributed by atoms with E-state index in [-0.39, 0.29) is 36.0 Å². The van der Waals surface area contributed by atoms with Crippen molar-refractivity contribution in [3.63, 3.8) is 0 Å². The molecule has 0 radical (unpaired) electrons. The van der Waals surface area contributed by atoms with E-state index in [9.17, 15) is 19.2 Å². The molecule has 0 heterocycles. The van der Waals surface area contributed by atoms with Crippen LogP contribution in [-0.4, -0.2) is 61.5 Å². The van der Waals surface area contributed by atoms with E-state index in [1.54, 1.807) is 33.8 Å². The molecule has 0 aliphatic rings. The Morgan fingerprint density at radius 1 is 0.756 bits per heavy atom. The van der Waals surface area contributed by atoms with Crippen LogP contribution < -0.4 is 15.2 Å². The Labute approximate surface area is 242 Å². The number of carbonyl (C=O) groups excluding carboxylic acids is 4. The van der Waals surface area contributed by atoms with Gasteiger partial charge in [-0.3, -0.25) is 4.79 Å². The van der Waals surface area contributed by atoms with Crippen molar-refractivity contribution >= 4 is 24.4 Å². The van der Waals surface area contributed by atoms with Gasteiger partial charge in [-0.1, -0.05) is 40.7 Å². The molecule has 0 aliphatic carbocycles. The van der Waals surface area contributed by atoms with E-state index < -0.39 is 48.8 Å². The van der Waals surface area contributed by atoms with Crippen molar-refractivity contribution < 1.29 is 52.3 Å². The molecular weight excluding hydrogens is 538 g/mol. The molecular formula is C29H45NO11. The van der Waals surface area contributed by atoms with E-state index in [1.165, 1.54) is 12.1 Å². The second-order valence-corrected chi connectivity index (χ2v) is 11.0. The zero-order valence-electron chi connectivity index (χ0n) is 25.5. The molecule has 0 fully saturated rings. The molecule has 0 bridgehead atoms. The van der Waals surface area contributed by atoms with Gasteiger partial charge in [-0.25, -0.2) is 14.4 Å². The first-order chi connectivity index (χ1) is 19.0. The predicted octanol–water partition coefficient (Wildman–Crippen LogP) is 5.70. The average molecular weight is 584 g/mol. The highest BCUT2D eigenvalue weighted by Gasteiger charge is 2.26. The zero-order valence-corrected chi connectivity index (χ0v) is 25.5. The number of carbonyl (C=O) groups is 4. The van der Waals surface area contributed by atoms with Crippen LogP contribution in [-0.2, 0) is 34.9 Å². The lowest BCUT2D eigenvalue weighted by Crippen LogP contribution is -2.39. The van der Waals surface area contributed by atoms with E-state index in [0.717, 1.165) is 0 Å². The standard InChI is InChI=1S/C29H45NO11/c1-10-17(3)36-27(33)40-23-13-12-21(15-24(23)41-28(34)37-18(4)11-2)14-22(30)25(31)38-19(5)20(6)39-26(32)35-16-29(7,8)9/h12-13,15,17-20,22H,10-11,14,16,30H2,1-9H3/t17?,18?,19-,20-,22-/m0/s1. The Kier molecular flexibility index (Phi) is 14.4. The van der Waals surface area contributed by atoms with Crippen LogP contribution in [0.1, 0.15) is 80.7 Å². The lowest BCUT2D eigenvalue weighted by Gasteiger charge is -2.23. The summed E-state index contributed by atoms with van der Waals surface area (Å²) < 4.78 is 36.4. The molecule has 1 aromatic carbocycles. The quantitative estimate of drug-likeness (QED) is 0.172. The molecule has 0 amide bonds. The van der Waals surface area contributed by atoms with Gasteiger partial charge in [-0.05, 0) is 70.1 Å². The maximum atomic E-state index is 12.7. The fraction of sp³-hybridized carbons (Fsp3) is 0.655. The van der Waals surface area contributed by atoms with Crippen molar-refractivity contribution in [2.45, 2.75) is 112 Å². The summed E-state index contributed by atoms with van der Waals surface area (Å²) in [6.07, 6.45) is -4.08. The van der Waals surface area contributed by atoms with Crippen LogP contribution in [0.15, 0.2) is 18.2 Å². The van der Waals surface area contributed by atoms with E-state index >= 15 is 0 Å². The topological polar surface area (TPSA) is 159 Å². The summed E-state index contributed by atoms with van der Waals surface area (Å²) in [6.45, 7) is 16.1. The summed E-state index contributed by atoms with van der Waals surface area (Å²) in [7, 11) is 0. The molecule has 1 aromatic rings. The van der Waals surface area contributed by atoms with Gasteiger partial charge in [0.15, 0.2) is 11.5 Å². The number of rotatable bonds is 13. The Hall–Kier alpha value is -3.54. The summed E-state index contributed by atoms with van der Waals surface area (Å²) in [5, 5.41) is 0. The zero-order chi connectivity index (χ0) is 31.3. The summed E-state index contributed by atoms with van der Waals surface area (Å²) in [5.74, 6) is -0.953. The summed E-state index contributed by atoms with van der Waals surface area (Å²) in [6, 6.07) is 3.22. The van der Waals surface area contributed by atoms with Gasteiger partial charge in [0.25, 0.3) is 0 Å². The van der Waals surface area contributed by atoms with E-state index in [1.807, 2.05) is 34.6 Å². The molecule has 12 nitrogen and oxygen atoms in total. The van der Waals surface area contributed by atoms with Gasteiger partial charge in [0, 0.05) is 0 Å². The van der Waals surface area contributed by atoms with Crippen molar-refractivity contribution in [2.75, 3.05) is 6.61 Å². The molecule has 232 valence electrons. The third kappa shape index (κ3) is 14.1. The van der Waals surface area contributed by atoms with Crippen LogP contribution in [0.3, 0.4) is 0 Å². The maximum Gasteiger partial charge on any atom is 0.514 e. The van der Waals surface area contributed by atoms with Gasteiger partial charge in [0.2, 0.25) is 0 Å². The van der Waals surface area contributed by atoms with Gasteiger partial charge in [0.05, 0.1) is 6.61 Å². The summed E-state index contributed by atoms with van der Waals surface area (Å²) in [4.78, 5) is 49.0. The monoisotopic (exact) mass is 583 g/mol. The summed E-state index contributed by atoms with van der Waals surface area (Å²) in [5.41, 5.74) is 6.32. The normalized spacial score (nSPS) is 14.9. The van der Waals surface area contributed by atoms with E-state index in [4.69, 9.17) is 38.9 Å². The number of ether oxygens (including phenoxy) is 7. The van der Waals surface area contributed by atoms with Crippen LogP contribution in [0.25, 0.3) is 0 Å². The number of hydrogen-bond acceptors (Lipinski definition) is 12. The molecule has 0 spiro atoms. The smallest absolute Gasteiger partial charge is 0.458 e. The third-order valence-electron chi connectivity index (χ3n) is 5.77. The van der Waals surface area contributed by atoms with E-state index in [0.29, 0.717) is 18.4 Å². The number of esters is 1. The first-order valence-corrected chi connectivity index (χ1v) is 13.7. The SMILES string of the molecule is CCC(C)OC(=O)Oc1ccc(C[C@H](N)C(=O)O[C@@H](C)[C@H](C)OC(=O)OCC(C)(C)C)cc1OC(=O)OC(C)CC. The van der Waals surface area contributed by atoms with Crippen molar-refractivity contribution in [2.24, 2.45) is 11.1 Å². The number of hydrogen-bond donors (Lipinski definition) is 1. The fourth-order valence-electron chi connectivity index (χ4n) is 2.83. The molecule has 0 aliphatic heterocycles. The van der Waals surface area contributed by atoms with Crippen LogP contribution in [0.5, 0.6) is 11.5 Å². The number of nitrogens with two attached hydrogens (primary N) is 1. The molecule has 41 heavy (non-hydrogen) atoms. The molecule has 5 atom stereocenters. The van der Waals surface area contributed by atoms with Crippen molar-refractivity contribution in [1.82, 2.24) is 0 Å². The molecule has 1 rings (SSSR count). The van der Waals surface area contributed by atoms with Crippen LogP contribution in [0.2, 0.25) is 0 Å². The Balaban J connectivity index is 2.91. The second-order valence-electron chi connectivity index (χ2n) is 11.0. The largest absolute Gasteiger partial charge is 0.514 e.